The second-order valence-corrected chi connectivity index (χ2v) is 9.99. The average molecular weight is 439 g/mol. The molecule has 26 heavy (non-hydrogen) atoms. The van der Waals surface area contributed by atoms with Crippen LogP contribution in [0.3, 0.4) is 0 Å². The lowest BCUT2D eigenvalue weighted by Crippen LogP contribution is -2.41. The first-order valence-electron chi connectivity index (χ1n) is 8.95. The van der Waals surface area contributed by atoms with Gasteiger partial charge in [-0.15, -0.1) is 0 Å². The zero-order valence-electron chi connectivity index (χ0n) is 16.3. The molecule has 0 saturated carbocycles. The third kappa shape index (κ3) is 7.30. The fraction of sp³-hybridized carbons (Fsp3) is 0.455. The van der Waals surface area contributed by atoms with Crippen molar-refractivity contribution in [1.82, 2.24) is 5.32 Å². The molecule has 0 atom stereocenters. The Morgan fingerprint density at radius 1 is 1.00 bits per heavy atom. The summed E-state index contributed by atoms with van der Waals surface area (Å²) in [5.41, 5.74) is 2.58. The van der Waals surface area contributed by atoms with E-state index in [4.69, 9.17) is 16.3 Å². The van der Waals surface area contributed by atoms with E-state index < -0.39 is 0 Å². The molecular weight excluding hydrogens is 410 g/mol. The van der Waals surface area contributed by atoms with Gasteiger partial charge in [-0.1, -0.05) is 60.4 Å². The molecule has 0 fully saturated rings. The number of nitrogens with one attached hydrogen (secondary N) is 1. The highest BCUT2D eigenvalue weighted by Crippen LogP contribution is 2.29. The van der Waals surface area contributed by atoms with Gasteiger partial charge in [-0.2, -0.15) is 0 Å². The number of rotatable bonds is 7. The molecule has 0 bridgehead atoms. The van der Waals surface area contributed by atoms with Crippen molar-refractivity contribution in [2.24, 2.45) is 5.41 Å². The molecule has 0 aliphatic rings. The van der Waals surface area contributed by atoms with Crippen LogP contribution in [0, 0.1) is 5.41 Å². The fourth-order valence-corrected chi connectivity index (χ4v) is 3.83. The minimum absolute atomic E-state index is 0.0496. The van der Waals surface area contributed by atoms with Crippen molar-refractivity contribution in [3.05, 3.63) is 63.1 Å². The maximum atomic E-state index is 6.08. The number of hydrogen-bond acceptors (Lipinski definition) is 2. The third-order valence-electron chi connectivity index (χ3n) is 4.06. The largest absolute Gasteiger partial charge is 0.489 e. The topological polar surface area (TPSA) is 21.3 Å². The van der Waals surface area contributed by atoms with Crippen molar-refractivity contribution in [2.45, 2.75) is 59.7 Å². The molecule has 0 aliphatic carbocycles. The van der Waals surface area contributed by atoms with Crippen LogP contribution in [0.15, 0.2) is 46.9 Å². The molecule has 0 saturated heterocycles. The SMILES string of the molecule is CC(C)(C)CC(C)(C)NCc1cc(Br)ccc1OCc1ccc(Cl)cc1. The molecular formula is C22H29BrClNO. The number of hydrogen-bond donors (Lipinski definition) is 1. The average Bonchev–Trinajstić information content (AvgIpc) is 2.51. The van der Waals surface area contributed by atoms with Gasteiger partial charge in [0, 0.05) is 27.1 Å². The molecule has 0 radical (unpaired) electrons. The Morgan fingerprint density at radius 3 is 2.27 bits per heavy atom. The summed E-state index contributed by atoms with van der Waals surface area (Å²) in [6, 6.07) is 13.9. The molecule has 0 aromatic heterocycles. The first-order valence-corrected chi connectivity index (χ1v) is 10.1. The Hall–Kier alpha value is -1.03. The van der Waals surface area contributed by atoms with Crippen molar-refractivity contribution in [3.63, 3.8) is 0 Å². The maximum absolute atomic E-state index is 6.08. The zero-order chi connectivity index (χ0) is 19.4. The van der Waals surface area contributed by atoms with Crippen LogP contribution >= 0.6 is 27.5 Å². The van der Waals surface area contributed by atoms with Gasteiger partial charge >= 0.3 is 0 Å². The monoisotopic (exact) mass is 437 g/mol. The second-order valence-electron chi connectivity index (χ2n) is 8.64. The van der Waals surface area contributed by atoms with Gasteiger partial charge in [-0.3, -0.25) is 0 Å². The Bertz CT molecular complexity index is 720. The Balaban J connectivity index is 2.05. The highest BCUT2D eigenvalue weighted by atomic mass is 79.9. The van der Waals surface area contributed by atoms with Crippen LogP contribution in [-0.2, 0) is 13.2 Å². The van der Waals surface area contributed by atoms with E-state index >= 15 is 0 Å². The number of benzene rings is 2. The molecule has 0 heterocycles. The summed E-state index contributed by atoms with van der Waals surface area (Å²) in [5.74, 6) is 0.905. The quantitative estimate of drug-likeness (QED) is 0.503. The molecule has 2 aromatic rings. The molecule has 0 aliphatic heterocycles. The predicted molar refractivity (Wildman–Crippen MR) is 115 cm³/mol. The normalized spacial score (nSPS) is 12.3. The molecule has 1 N–H and O–H groups in total. The van der Waals surface area contributed by atoms with E-state index in [0.29, 0.717) is 6.61 Å². The van der Waals surface area contributed by atoms with Gasteiger partial charge in [-0.25, -0.2) is 0 Å². The molecule has 4 heteroatoms. The van der Waals surface area contributed by atoms with E-state index in [-0.39, 0.29) is 11.0 Å². The van der Waals surface area contributed by atoms with E-state index in [0.717, 1.165) is 39.3 Å². The van der Waals surface area contributed by atoms with Crippen LogP contribution in [0.25, 0.3) is 0 Å². The van der Waals surface area contributed by atoms with Crippen LogP contribution < -0.4 is 10.1 Å². The summed E-state index contributed by atoms with van der Waals surface area (Å²) in [4.78, 5) is 0. The minimum atomic E-state index is 0.0496. The highest BCUT2D eigenvalue weighted by molar-refractivity contribution is 9.10. The molecule has 0 unspecified atom stereocenters. The Labute approximate surface area is 171 Å². The summed E-state index contributed by atoms with van der Waals surface area (Å²) < 4.78 is 7.14. The fourth-order valence-electron chi connectivity index (χ4n) is 3.29. The van der Waals surface area contributed by atoms with Crippen LogP contribution in [0.1, 0.15) is 52.2 Å². The Kier molecular flexibility index (Phi) is 7.18. The van der Waals surface area contributed by atoms with Crippen LogP contribution in [0.4, 0.5) is 0 Å². The Morgan fingerprint density at radius 2 is 1.65 bits per heavy atom. The first kappa shape index (κ1) is 21.3. The molecule has 2 rings (SSSR count). The smallest absolute Gasteiger partial charge is 0.124 e. The molecule has 2 nitrogen and oxygen atoms in total. The summed E-state index contributed by atoms with van der Waals surface area (Å²) in [6.07, 6.45) is 1.09. The molecule has 142 valence electrons. The van der Waals surface area contributed by atoms with Gasteiger partial charge in [0.1, 0.15) is 12.4 Å². The third-order valence-corrected chi connectivity index (χ3v) is 4.81. The van der Waals surface area contributed by atoms with Crippen LogP contribution in [0.2, 0.25) is 5.02 Å². The summed E-state index contributed by atoms with van der Waals surface area (Å²) in [7, 11) is 0. The van der Waals surface area contributed by atoms with Gasteiger partial charge in [0.25, 0.3) is 0 Å². The summed E-state index contributed by atoms with van der Waals surface area (Å²) >= 11 is 9.52. The lowest BCUT2D eigenvalue weighted by atomic mass is 9.82. The number of halogens is 2. The van der Waals surface area contributed by atoms with Crippen molar-refractivity contribution >= 4 is 27.5 Å². The molecule has 0 spiro atoms. The van der Waals surface area contributed by atoms with Crippen molar-refractivity contribution < 1.29 is 4.74 Å². The van der Waals surface area contributed by atoms with Crippen molar-refractivity contribution in [1.29, 1.82) is 0 Å². The van der Waals surface area contributed by atoms with Gasteiger partial charge < -0.3 is 10.1 Å². The standard InChI is InChI=1S/C22H29BrClNO/c1-21(2,3)15-22(4,5)25-13-17-12-18(23)8-11-20(17)26-14-16-6-9-19(24)10-7-16/h6-12,25H,13-15H2,1-5H3. The predicted octanol–water partition coefficient (Wildman–Crippen LogP) is 6.99. The van der Waals surface area contributed by atoms with E-state index in [1.807, 2.05) is 36.4 Å². The summed E-state index contributed by atoms with van der Waals surface area (Å²) in [6.45, 7) is 12.6. The van der Waals surface area contributed by atoms with Crippen molar-refractivity contribution in [2.75, 3.05) is 0 Å². The highest BCUT2D eigenvalue weighted by Gasteiger charge is 2.25. The maximum Gasteiger partial charge on any atom is 0.124 e. The number of ether oxygens (including phenoxy) is 1. The molecule has 2 aromatic carbocycles. The van der Waals surface area contributed by atoms with Crippen molar-refractivity contribution in [3.8, 4) is 5.75 Å². The van der Waals surface area contributed by atoms with Crippen LogP contribution in [-0.4, -0.2) is 5.54 Å². The zero-order valence-corrected chi connectivity index (χ0v) is 18.7. The summed E-state index contributed by atoms with van der Waals surface area (Å²) in [5, 5.41) is 4.43. The lowest BCUT2D eigenvalue weighted by molar-refractivity contribution is 0.238. The van der Waals surface area contributed by atoms with E-state index in [2.05, 4.69) is 61.9 Å². The lowest BCUT2D eigenvalue weighted by Gasteiger charge is -2.33. The van der Waals surface area contributed by atoms with E-state index in [1.165, 1.54) is 0 Å². The van der Waals surface area contributed by atoms with Gasteiger partial charge in [0.05, 0.1) is 0 Å². The first-order chi connectivity index (χ1) is 12.0. The van der Waals surface area contributed by atoms with E-state index in [1.54, 1.807) is 0 Å². The second kappa shape index (κ2) is 8.77. The van der Waals surface area contributed by atoms with Gasteiger partial charge in [0.15, 0.2) is 0 Å². The van der Waals surface area contributed by atoms with Gasteiger partial charge in [-0.05, 0) is 61.6 Å². The van der Waals surface area contributed by atoms with E-state index in [9.17, 15) is 0 Å². The minimum Gasteiger partial charge on any atom is -0.489 e. The van der Waals surface area contributed by atoms with Crippen LogP contribution in [0.5, 0.6) is 5.75 Å². The van der Waals surface area contributed by atoms with Gasteiger partial charge in [0.2, 0.25) is 0 Å². The molecule has 0 amide bonds.